The molecule has 1 aromatic heterocycles. The van der Waals surface area contributed by atoms with Crippen LogP contribution in [0.4, 0.5) is 0 Å². The molecule has 0 spiro atoms. The van der Waals surface area contributed by atoms with Crippen LogP contribution in [0, 0.1) is 6.92 Å². The molecule has 1 aromatic carbocycles. The lowest BCUT2D eigenvalue weighted by Gasteiger charge is -2.08. The Bertz CT molecular complexity index is 516. The van der Waals surface area contributed by atoms with Gasteiger partial charge in [0, 0.05) is 4.47 Å². The number of nitrogens with zero attached hydrogens (tertiary/aromatic N) is 1. The minimum Gasteiger partial charge on any atom is -0.455 e. The van der Waals surface area contributed by atoms with Gasteiger partial charge in [-0.2, -0.15) is 0 Å². The fraction of sp³-hybridized carbons (Fsp3) is 0.0833. The number of hydrogen-bond donors (Lipinski definition) is 0. The van der Waals surface area contributed by atoms with Gasteiger partial charge < -0.3 is 4.74 Å². The Morgan fingerprint density at radius 3 is 2.75 bits per heavy atom. The Morgan fingerprint density at radius 1 is 1.25 bits per heavy atom. The highest BCUT2D eigenvalue weighted by molar-refractivity contribution is 9.10. The van der Waals surface area contributed by atoms with Gasteiger partial charge in [-0.3, -0.25) is 0 Å². The molecule has 2 rings (SSSR count). The smallest absolute Gasteiger partial charge is 0.148 e. The van der Waals surface area contributed by atoms with Crippen molar-refractivity contribution in [3.05, 3.63) is 51.7 Å². The van der Waals surface area contributed by atoms with Gasteiger partial charge in [0.15, 0.2) is 0 Å². The number of pyridine rings is 1. The number of ether oxygens (including phenoxy) is 1. The standard InChI is InChI=1S/C12H9BrClNO/c1-8-11(5-6-12(14)15-8)16-10-4-2-3-9(13)7-10/h2-7H,1H3. The summed E-state index contributed by atoms with van der Waals surface area (Å²) in [7, 11) is 0. The number of aryl methyl sites for hydroxylation is 1. The Kier molecular flexibility index (Phi) is 3.46. The molecule has 16 heavy (non-hydrogen) atoms. The Balaban J connectivity index is 2.27. The van der Waals surface area contributed by atoms with Crippen molar-refractivity contribution in [1.82, 2.24) is 4.98 Å². The first-order valence-electron chi connectivity index (χ1n) is 4.72. The molecule has 0 aliphatic rings. The van der Waals surface area contributed by atoms with E-state index < -0.39 is 0 Å². The maximum absolute atomic E-state index is 5.77. The number of halogens is 2. The van der Waals surface area contributed by atoms with Crippen molar-refractivity contribution in [3.63, 3.8) is 0 Å². The minimum atomic E-state index is 0.471. The van der Waals surface area contributed by atoms with Gasteiger partial charge in [-0.25, -0.2) is 4.98 Å². The predicted octanol–water partition coefficient (Wildman–Crippen LogP) is 4.60. The van der Waals surface area contributed by atoms with Crippen molar-refractivity contribution < 1.29 is 4.74 Å². The molecule has 1 heterocycles. The van der Waals surface area contributed by atoms with E-state index in [1.807, 2.05) is 37.3 Å². The van der Waals surface area contributed by atoms with Gasteiger partial charge in [0.05, 0.1) is 5.69 Å². The Morgan fingerprint density at radius 2 is 2.06 bits per heavy atom. The van der Waals surface area contributed by atoms with Crippen molar-refractivity contribution in [2.45, 2.75) is 6.92 Å². The molecule has 0 saturated heterocycles. The number of hydrogen-bond acceptors (Lipinski definition) is 2. The molecule has 0 fully saturated rings. The second-order valence-electron chi connectivity index (χ2n) is 3.28. The molecule has 2 nitrogen and oxygen atoms in total. The quantitative estimate of drug-likeness (QED) is 0.756. The predicted molar refractivity (Wildman–Crippen MR) is 68.2 cm³/mol. The fourth-order valence-corrected chi connectivity index (χ4v) is 1.85. The average Bonchev–Trinajstić information content (AvgIpc) is 2.22. The summed E-state index contributed by atoms with van der Waals surface area (Å²) in [6.45, 7) is 1.86. The zero-order valence-corrected chi connectivity index (χ0v) is 10.9. The second-order valence-corrected chi connectivity index (χ2v) is 4.58. The van der Waals surface area contributed by atoms with Crippen molar-refractivity contribution >= 4 is 27.5 Å². The third kappa shape index (κ3) is 2.74. The summed E-state index contributed by atoms with van der Waals surface area (Å²) < 4.78 is 6.67. The molecule has 0 aliphatic heterocycles. The van der Waals surface area contributed by atoms with Crippen LogP contribution in [-0.4, -0.2) is 4.98 Å². The van der Waals surface area contributed by atoms with E-state index >= 15 is 0 Å². The molecular weight excluding hydrogens is 289 g/mol. The summed E-state index contributed by atoms with van der Waals surface area (Å²) in [6.07, 6.45) is 0. The monoisotopic (exact) mass is 297 g/mol. The van der Waals surface area contributed by atoms with Gasteiger partial charge in [0.1, 0.15) is 16.7 Å². The SMILES string of the molecule is Cc1nc(Cl)ccc1Oc1cccc(Br)c1. The van der Waals surface area contributed by atoms with Gasteiger partial charge in [-0.15, -0.1) is 0 Å². The van der Waals surface area contributed by atoms with Gasteiger partial charge >= 0.3 is 0 Å². The maximum atomic E-state index is 5.77. The van der Waals surface area contributed by atoms with Crippen molar-refractivity contribution in [3.8, 4) is 11.5 Å². The van der Waals surface area contributed by atoms with Crippen molar-refractivity contribution in [1.29, 1.82) is 0 Å². The summed E-state index contributed by atoms with van der Waals surface area (Å²) in [6, 6.07) is 11.2. The van der Waals surface area contributed by atoms with Gasteiger partial charge in [-0.05, 0) is 37.3 Å². The van der Waals surface area contributed by atoms with E-state index in [9.17, 15) is 0 Å². The zero-order valence-electron chi connectivity index (χ0n) is 8.58. The maximum Gasteiger partial charge on any atom is 0.148 e. The van der Waals surface area contributed by atoms with E-state index in [2.05, 4.69) is 20.9 Å². The zero-order chi connectivity index (χ0) is 11.5. The Hall–Kier alpha value is -1.06. The highest BCUT2D eigenvalue weighted by Gasteiger charge is 2.03. The largest absolute Gasteiger partial charge is 0.455 e. The molecule has 0 bridgehead atoms. The molecule has 2 aromatic rings. The molecule has 82 valence electrons. The van der Waals surface area contributed by atoms with Crippen LogP contribution >= 0.6 is 27.5 Å². The first-order chi connectivity index (χ1) is 7.65. The van der Waals surface area contributed by atoms with Gasteiger partial charge in [-0.1, -0.05) is 33.6 Å². The minimum absolute atomic E-state index is 0.471. The van der Waals surface area contributed by atoms with E-state index in [1.54, 1.807) is 6.07 Å². The molecule has 4 heteroatoms. The van der Waals surface area contributed by atoms with E-state index in [4.69, 9.17) is 16.3 Å². The average molecular weight is 299 g/mol. The lowest BCUT2D eigenvalue weighted by Crippen LogP contribution is -1.90. The van der Waals surface area contributed by atoms with Crippen LogP contribution in [0.2, 0.25) is 5.15 Å². The van der Waals surface area contributed by atoms with Crippen LogP contribution in [-0.2, 0) is 0 Å². The van der Waals surface area contributed by atoms with Gasteiger partial charge in [0.2, 0.25) is 0 Å². The molecular formula is C12H9BrClNO. The topological polar surface area (TPSA) is 22.1 Å². The molecule has 0 unspecified atom stereocenters. The molecule has 0 saturated carbocycles. The van der Waals surface area contributed by atoms with Gasteiger partial charge in [0.25, 0.3) is 0 Å². The van der Waals surface area contributed by atoms with Crippen LogP contribution in [0.1, 0.15) is 5.69 Å². The molecule has 0 amide bonds. The summed E-state index contributed by atoms with van der Waals surface area (Å²) >= 11 is 9.16. The number of benzene rings is 1. The van der Waals surface area contributed by atoms with E-state index in [0.717, 1.165) is 15.9 Å². The van der Waals surface area contributed by atoms with Crippen LogP contribution in [0.15, 0.2) is 40.9 Å². The number of rotatable bonds is 2. The summed E-state index contributed by atoms with van der Waals surface area (Å²) in [5.74, 6) is 1.48. The van der Waals surface area contributed by atoms with Crippen LogP contribution < -0.4 is 4.74 Å². The first kappa shape index (κ1) is 11.4. The third-order valence-corrected chi connectivity index (χ3v) is 2.73. The van der Waals surface area contributed by atoms with E-state index in [0.29, 0.717) is 10.9 Å². The summed E-state index contributed by atoms with van der Waals surface area (Å²) in [5, 5.41) is 0.471. The lowest BCUT2D eigenvalue weighted by atomic mass is 10.3. The normalized spacial score (nSPS) is 10.2. The van der Waals surface area contributed by atoms with Crippen LogP contribution in [0.5, 0.6) is 11.5 Å². The summed E-state index contributed by atoms with van der Waals surface area (Å²) in [5.41, 5.74) is 0.771. The lowest BCUT2D eigenvalue weighted by molar-refractivity contribution is 0.475. The first-order valence-corrected chi connectivity index (χ1v) is 5.89. The number of aromatic nitrogens is 1. The van der Waals surface area contributed by atoms with Crippen molar-refractivity contribution in [2.24, 2.45) is 0 Å². The van der Waals surface area contributed by atoms with E-state index in [-0.39, 0.29) is 0 Å². The third-order valence-electron chi connectivity index (χ3n) is 2.03. The molecule has 0 aliphatic carbocycles. The molecule has 0 atom stereocenters. The van der Waals surface area contributed by atoms with Crippen molar-refractivity contribution in [2.75, 3.05) is 0 Å². The highest BCUT2D eigenvalue weighted by Crippen LogP contribution is 2.26. The molecule has 0 N–H and O–H groups in total. The molecule has 0 radical (unpaired) electrons. The van der Waals surface area contributed by atoms with Crippen LogP contribution in [0.25, 0.3) is 0 Å². The fourth-order valence-electron chi connectivity index (χ4n) is 1.28. The van der Waals surface area contributed by atoms with E-state index in [1.165, 1.54) is 0 Å². The summed E-state index contributed by atoms with van der Waals surface area (Å²) in [4.78, 5) is 4.12. The Labute approximate surface area is 107 Å². The highest BCUT2D eigenvalue weighted by atomic mass is 79.9. The second kappa shape index (κ2) is 4.85. The van der Waals surface area contributed by atoms with Crippen LogP contribution in [0.3, 0.4) is 0 Å².